The van der Waals surface area contributed by atoms with E-state index in [9.17, 15) is 14.7 Å². The number of nitrogens with zero attached hydrogens (tertiary/aromatic N) is 1. The summed E-state index contributed by atoms with van der Waals surface area (Å²) in [6.45, 7) is 4.50. The Morgan fingerprint density at radius 2 is 2.44 bits per heavy atom. The number of carboxylic acid groups (broad SMARTS) is 1. The quantitative estimate of drug-likeness (QED) is 0.748. The SMILES string of the molecule is CC[C@H](C)N1C[C@]23C=C[C@H](O2)[C@H](C(=O)O)[C@@H]3C1=O. The second-order valence-electron chi connectivity index (χ2n) is 5.46. The van der Waals surface area contributed by atoms with Crippen LogP contribution in [0.4, 0.5) is 0 Å². The van der Waals surface area contributed by atoms with Crippen molar-refractivity contribution in [2.75, 3.05) is 6.54 Å². The summed E-state index contributed by atoms with van der Waals surface area (Å²) >= 11 is 0. The number of rotatable bonds is 3. The summed E-state index contributed by atoms with van der Waals surface area (Å²) < 4.78 is 5.80. The molecule has 0 unspecified atom stereocenters. The van der Waals surface area contributed by atoms with E-state index in [2.05, 4.69) is 0 Å². The van der Waals surface area contributed by atoms with Gasteiger partial charge in [0.1, 0.15) is 11.5 Å². The molecule has 2 saturated heterocycles. The molecule has 98 valence electrons. The summed E-state index contributed by atoms with van der Waals surface area (Å²) in [5.74, 6) is -2.27. The van der Waals surface area contributed by atoms with E-state index in [1.165, 1.54) is 0 Å². The minimum absolute atomic E-state index is 0.0661. The first-order valence-corrected chi connectivity index (χ1v) is 6.40. The fourth-order valence-electron chi connectivity index (χ4n) is 3.40. The first kappa shape index (κ1) is 11.7. The number of likely N-dealkylation sites (tertiary alicyclic amines) is 1. The van der Waals surface area contributed by atoms with Crippen molar-refractivity contribution < 1.29 is 19.4 Å². The zero-order valence-electron chi connectivity index (χ0n) is 10.5. The van der Waals surface area contributed by atoms with Gasteiger partial charge in [-0.1, -0.05) is 19.1 Å². The van der Waals surface area contributed by atoms with Crippen LogP contribution in [0.1, 0.15) is 20.3 Å². The second-order valence-corrected chi connectivity index (χ2v) is 5.46. The van der Waals surface area contributed by atoms with Gasteiger partial charge in [-0.2, -0.15) is 0 Å². The molecular weight excluding hydrogens is 234 g/mol. The highest BCUT2D eigenvalue weighted by molar-refractivity contribution is 5.90. The molecule has 0 radical (unpaired) electrons. The molecule has 1 N–H and O–H groups in total. The van der Waals surface area contributed by atoms with Gasteiger partial charge in [0.25, 0.3) is 0 Å². The Labute approximate surface area is 105 Å². The van der Waals surface area contributed by atoms with Gasteiger partial charge >= 0.3 is 5.97 Å². The molecule has 18 heavy (non-hydrogen) atoms. The Balaban J connectivity index is 1.97. The number of fused-ring (bicyclic) bond motifs is 1. The Morgan fingerprint density at radius 3 is 3.06 bits per heavy atom. The third-order valence-corrected chi connectivity index (χ3v) is 4.54. The smallest absolute Gasteiger partial charge is 0.310 e. The van der Waals surface area contributed by atoms with E-state index in [1.54, 1.807) is 11.0 Å². The number of hydrogen-bond acceptors (Lipinski definition) is 3. The van der Waals surface area contributed by atoms with Gasteiger partial charge in [-0.25, -0.2) is 0 Å². The first-order chi connectivity index (χ1) is 8.50. The Kier molecular flexibility index (Phi) is 2.32. The van der Waals surface area contributed by atoms with Gasteiger partial charge in [0.2, 0.25) is 5.91 Å². The van der Waals surface area contributed by atoms with E-state index < -0.39 is 29.5 Å². The minimum atomic E-state index is -0.935. The van der Waals surface area contributed by atoms with E-state index in [1.807, 2.05) is 19.9 Å². The van der Waals surface area contributed by atoms with E-state index in [4.69, 9.17) is 4.74 Å². The monoisotopic (exact) mass is 251 g/mol. The van der Waals surface area contributed by atoms with Gasteiger partial charge in [0.15, 0.2) is 0 Å². The van der Waals surface area contributed by atoms with E-state index in [0.29, 0.717) is 6.54 Å². The second kappa shape index (κ2) is 3.57. The minimum Gasteiger partial charge on any atom is -0.481 e. The molecular formula is C13H17NO4. The zero-order valence-corrected chi connectivity index (χ0v) is 10.5. The fourth-order valence-corrected chi connectivity index (χ4v) is 3.40. The number of hydrogen-bond donors (Lipinski definition) is 1. The molecule has 5 heteroatoms. The molecule has 2 fully saturated rings. The van der Waals surface area contributed by atoms with Gasteiger partial charge in [0.05, 0.1) is 18.6 Å². The number of carbonyl (C=O) groups is 2. The predicted molar refractivity (Wildman–Crippen MR) is 62.8 cm³/mol. The van der Waals surface area contributed by atoms with Gasteiger partial charge in [0, 0.05) is 6.04 Å². The summed E-state index contributed by atoms with van der Waals surface area (Å²) in [6.07, 6.45) is 4.11. The van der Waals surface area contributed by atoms with Crippen LogP contribution in [0.25, 0.3) is 0 Å². The summed E-state index contributed by atoms with van der Waals surface area (Å²) in [6, 6.07) is 0.128. The Morgan fingerprint density at radius 1 is 1.72 bits per heavy atom. The first-order valence-electron chi connectivity index (χ1n) is 6.40. The summed E-state index contributed by atoms with van der Waals surface area (Å²) in [5, 5.41) is 9.29. The van der Waals surface area contributed by atoms with Gasteiger partial charge < -0.3 is 14.7 Å². The molecule has 0 aromatic carbocycles. The number of carbonyl (C=O) groups excluding carboxylic acids is 1. The molecule has 3 aliphatic heterocycles. The molecule has 0 aromatic heterocycles. The standard InChI is InChI=1S/C13H17NO4/c1-3-7(2)14-6-13-5-4-8(18-13)9(12(16)17)10(13)11(14)15/h4-5,7-10H,3,6H2,1-2H3,(H,16,17)/t7-,8-,9-,10+,13-/m0/s1. The maximum atomic E-state index is 12.4. The maximum absolute atomic E-state index is 12.4. The molecule has 1 amide bonds. The number of carboxylic acids is 1. The topological polar surface area (TPSA) is 66.8 Å². The molecule has 5 atom stereocenters. The lowest BCUT2D eigenvalue weighted by molar-refractivity contribution is -0.148. The lowest BCUT2D eigenvalue weighted by Gasteiger charge is -2.26. The largest absolute Gasteiger partial charge is 0.481 e. The Bertz CT molecular complexity index is 446. The Hall–Kier alpha value is -1.36. The molecule has 0 saturated carbocycles. The lowest BCUT2D eigenvalue weighted by Crippen LogP contribution is -2.40. The maximum Gasteiger partial charge on any atom is 0.310 e. The average molecular weight is 251 g/mol. The van der Waals surface area contributed by atoms with Crippen molar-refractivity contribution in [2.45, 2.75) is 38.0 Å². The van der Waals surface area contributed by atoms with Crippen LogP contribution in [0.3, 0.4) is 0 Å². The molecule has 3 aliphatic rings. The van der Waals surface area contributed by atoms with Crippen LogP contribution in [-0.4, -0.2) is 46.2 Å². The third kappa shape index (κ3) is 1.25. The highest BCUT2D eigenvalue weighted by Gasteiger charge is 2.67. The lowest BCUT2D eigenvalue weighted by atomic mass is 9.77. The fraction of sp³-hybridized carbons (Fsp3) is 0.692. The van der Waals surface area contributed by atoms with Crippen LogP contribution < -0.4 is 0 Å². The number of amides is 1. The highest BCUT2D eigenvalue weighted by Crippen LogP contribution is 2.52. The third-order valence-electron chi connectivity index (χ3n) is 4.54. The van der Waals surface area contributed by atoms with Crippen molar-refractivity contribution in [1.82, 2.24) is 4.90 Å². The van der Waals surface area contributed by atoms with E-state index in [0.717, 1.165) is 6.42 Å². The average Bonchev–Trinajstić information content (AvgIpc) is 2.96. The summed E-state index contributed by atoms with van der Waals surface area (Å²) in [7, 11) is 0. The van der Waals surface area contributed by atoms with Crippen molar-refractivity contribution in [2.24, 2.45) is 11.8 Å². The summed E-state index contributed by atoms with van der Waals surface area (Å²) in [5.41, 5.74) is -0.686. The molecule has 0 aromatic rings. The highest BCUT2D eigenvalue weighted by atomic mass is 16.5. The predicted octanol–water partition coefficient (Wildman–Crippen LogP) is 0.651. The molecule has 1 spiro atoms. The van der Waals surface area contributed by atoms with E-state index in [-0.39, 0.29) is 11.9 Å². The van der Waals surface area contributed by atoms with Gasteiger partial charge in [-0.3, -0.25) is 9.59 Å². The van der Waals surface area contributed by atoms with Crippen molar-refractivity contribution in [3.05, 3.63) is 12.2 Å². The summed E-state index contributed by atoms with van der Waals surface area (Å²) in [4.78, 5) is 25.5. The van der Waals surface area contributed by atoms with Crippen LogP contribution in [0.2, 0.25) is 0 Å². The molecule has 2 bridgehead atoms. The van der Waals surface area contributed by atoms with Gasteiger partial charge in [-0.15, -0.1) is 0 Å². The normalized spacial score (nSPS) is 42.4. The van der Waals surface area contributed by atoms with Crippen LogP contribution in [0.15, 0.2) is 12.2 Å². The van der Waals surface area contributed by atoms with Crippen LogP contribution in [-0.2, 0) is 14.3 Å². The van der Waals surface area contributed by atoms with Crippen molar-refractivity contribution in [3.63, 3.8) is 0 Å². The van der Waals surface area contributed by atoms with Crippen molar-refractivity contribution in [1.29, 1.82) is 0 Å². The molecule has 5 nitrogen and oxygen atoms in total. The van der Waals surface area contributed by atoms with Crippen LogP contribution in [0.5, 0.6) is 0 Å². The number of aliphatic carboxylic acids is 1. The van der Waals surface area contributed by atoms with Crippen LogP contribution in [0, 0.1) is 11.8 Å². The molecule has 3 rings (SSSR count). The van der Waals surface area contributed by atoms with Crippen LogP contribution >= 0.6 is 0 Å². The number of ether oxygens (including phenoxy) is 1. The van der Waals surface area contributed by atoms with Crippen molar-refractivity contribution in [3.8, 4) is 0 Å². The molecule has 0 aliphatic carbocycles. The van der Waals surface area contributed by atoms with Gasteiger partial charge in [-0.05, 0) is 13.3 Å². The zero-order chi connectivity index (χ0) is 13.1. The van der Waals surface area contributed by atoms with E-state index >= 15 is 0 Å². The molecule has 3 heterocycles. The van der Waals surface area contributed by atoms with Crippen molar-refractivity contribution >= 4 is 11.9 Å².